The topological polar surface area (TPSA) is 53.9 Å². The molecule has 2 aromatic carbocycles. The molecule has 0 spiro atoms. The van der Waals surface area contributed by atoms with Gasteiger partial charge in [-0.25, -0.2) is 0 Å². The number of benzene rings is 2. The fraction of sp³-hybridized carbons (Fsp3) is 0.118. The van der Waals surface area contributed by atoms with Crippen LogP contribution in [0, 0.1) is 0 Å². The molecule has 0 saturated heterocycles. The highest BCUT2D eigenvalue weighted by Gasteiger charge is 2.12. The van der Waals surface area contributed by atoms with Crippen LogP contribution in [0.3, 0.4) is 0 Å². The Bertz CT molecular complexity index is 826. The molecule has 0 amide bonds. The Hall–Kier alpha value is -2.37. The van der Waals surface area contributed by atoms with Gasteiger partial charge in [0.25, 0.3) is 0 Å². The molecular formula is C17H15Cl2N5. The first-order valence-corrected chi connectivity index (χ1v) is 8.18. The van der Waals surface area contributed by atoms with E-state index in [4.69, 9.17) is 23.2 Å². The van der Waals surface area contributed by atoms with E-state index in [2.05, 4.69) is 27.4 Å². The van der Waals surface area contributed by atoms with Crippen molar-refractivity contribution in [3.8, 4) is 0 Å². The summed E-state index contributed by atoms with van der Waals surface area (Å²) in [5.74, 6) is 1.05. The van der Waals surface area contributed by atoms with Gasteiger partial charge in [0, 0.05) is 12.2 Å². The van der Waals surface area contributed by atoms with Crippen molar-refractivity contribution in [3.05, 3.63) is 64.8 Å². The van der Waals surface area contributed by atoms with Gasteiger partial charge in [-0.3, -0.25) is 0 Å². The van der Waals surface area contributed by atoms with Crippen LogP contribution >= 0.6 is 23.2 Å². The Balaban J connectivity index is 1.90. The highest BCUT2D eigenvalue weighted by atomic mass is 35.5. The van der Waals surface area contributed by atoms with E-state index in [9.17, 15) is 0 Å². The lowest BCUT2D eigenvalue weighted by Gasteiger charge is -2.21. The molecule has 3 rings (SSSR count). The van der Waals surface area contributed by atoms with Gasteiger partial charge in [0.2, 0.25) is 5.95 Å². The van der Waals surface area contributed by atoms with Crippen LogP contribution in [0.2, 0.25) is 10.0 Å². The zero-order chi connectivity index (χ0) is 16.9. The van der Waals surface area contributed by atoms with Gasteiger partial charge < -0.3 is 10.2 Å². The second kappa shape index (κ2) is 7.47. The van der Waals surface area contributed by atoms with Gasteiger partial charge in [-0.15, -0.1) is 5.10 Å². The number of rotatable bonds is 5. The molecule has 0 aliphatic rings. The number of hydrogen-bond acceptors (Lipinski definition) is 5. The molecular weight excluding hydrogens is 345 g/mol. The molecule has 0 aliphatic heterocycles. The number of nitrogens with one attached hydrogen (secondary N) is 1. The lowest BCUT2D eigenvalue weighted by molar-refractivity contribution is 0.922. The van der Waals surface area contributed by atoms with Gasteiger partial charge in [0.1, 0.15) is 0 Å². The summed E-state index contributed by atoms with van der Waals surface area (Å²) in [7, 11) is 0. The number of para-hydroxylation sites is 1. The summed E-state index contributed by atoms with van der Waals surface area (Å²) >= 11 is 12.2. The largest absolute Gasteiger partial charge is 0.325 e. The summed E-state index contributed by atoms with van der Waals surface area (Å²) in [6.45, 7) is 2.80. The molecule has 1 heterocycles. The second-order valence-electron chi connectivity index (χ2n) is 4.94. The number of hydrogen-bond donors (Lipinski definition) is 1. The zero-order valence-electron chi connectivity index (χ0n) is 12.9. The van der Waals surface area contributed by atoms with E-state index in [1.165, 1.54) is 0 Å². The lowest BCUT2D eigenvalue weighted by Crippen LogP contribution is -2.18. The van der Waals surface area contributed by atoms with Crippen molar-refractivity contribution >= 4 is 46.3 Å². The minimum absolute atomic E-state index is 0.353. The fourth-order valence-corrected chi connectivity index (χ4v) is 2.63. The van der Waals surface area contributed by atoms with Gasteiger partial charge in [0.05, 0.1) is 21.9 Å². The minimum atomic E-state index is 0.353. The highest BCUT2D eigenvalue weighted by Crippen LogP contribution is 2.31. The van der Waals surface area contributed by atoms with Gasteiger partial charge in [-0.1, -0.05) is 47.5 Å². The van der Waals surface area contributed by atoms with E-state index in [-0.39, 0.29) is 0 Å². The molecule has 122 valence electrons. The van der Waals surface area contributed by atoms with Crippen molar-refractivity contribution in [2.75, 3.05) is 16.8 Å². The van der Waals surface area contributed by atoms with Crippen LogP contribution in [0.5, 0.6) is 0 Å². The molecule has 3 aromatic rings. The molecule has 0 radical (unpaired) electrons. The Morgan fingerprint density at radius 3 is 2.58 bits per heavy atom. The van der Waals surface area contributed by atoms with Crippen molar-refractivity contribution in [1.29, 1.82) is 0 Å². The van der Waals surface area contributed by atoms with Crippen molar-refractivity contribution in [1.82, 2.24) is 15.2 Å². The van der Waals surface area contributed by atoms with E-state index in [0.29, 0.717) is 27.5 Å². The number of anilines is 4. The first-order chi connectivity index (χ1) is 11.7. The van der Waals surface area contributed by atoms with E-state index in [0.717, 1.165) is 12.2 Å². The Morgan fingerprint density at radius 2 is 1.83 bits per heavy atom. The Kier molecular flexibility index (Phi) is 5.13. The van der Waals surface area contributed by atoms with E-state index in [1.54, 1.807) is 24.4 Å². The number of aromatic nitrogens is 3. The van der Waals surface area contributed by atoms with Crippen LogP contribution in [0.25, 0.3) is 0 Å². The first kappa shape index (κ1) is 16.5. The van der Waals surface area contributed by atoms with Crippen molar-refractivity contribution in [2.45, 2.75) is 6.92 Å². The van der Waals surface area contributed by atoms with Gasteiger partial charge in [-0.05, 0) is 31.2 Å². The third-order valence-electron chi connectivity index (χ3n) is 3.40. The smallest absolute Gasteiger partial charge is 0.249 e. The standard InChI is InChI=1S/C17H15Cl2N5/c1-2-24(12-7-4-3-5-8-12)15-11-20-23-17(22-15)21-14-10-6-9-13(18)16(14)19/h3-11H,2H2,1H3,(H,21,22,23). The molecule has 0 atom stereocenters. The van der Waals surface area contributed by atoms with Crippen LogP contribution in [-0.2, 0) is 0 Å². The molecule has 7 heteroatoms. The minimum Gasteiger partial charge on any atom is -0.325 e. The lowest BCUT2D eigenvalue weighted by atomic mass is 10.3. The average Bonchev–Trinajstić information content (AvgIpc) is 2.61. The monoisotopic (exact) mass is 359 g/mol. The summed E-state index contributed by atoms with van der Waals surface area (Å²) in [6.07, 6.45) is 1.63. The highest BCUT2D eigenvalue weighted by molar-refractivity contribution is 6.43. The molecule has 1 aromatic heterocycles. The maximum atomic E-state index is 6.19. The van der Waals surface area contributed by atoms with Crippen molar-refractivity contribution < 1.29 is 0 Å². The molecule has 0 saturated carbocycles. The summed E-state index contributed by atoms with van der Waals surface area (Å²) in [6, 6.07) is 15.3. The average molecular weight is 360 g/mol. The van der Waals surface area contributed by atoms with Crippen LogP contribution < -0.4 is 10.2 Å². The second-order valence-corrected chi connectivity index (χ2v) is 5.73. The SMILES string of the molecule is CCN(c1ccccc1)c1cnnc(Nc2cccc(Cl)c2Cl)n1. The Labute approximate surface area is 150 Å². The van der Waals surface area contributed by atoms with Crippen LogP contribution in [0.4, 0.5) is 23.1 Å². The molecule has 0 aliphatic carbocycles. The zero-order valence-corrected chi connectivity index (χ0v) is 14.5. The Morgan fingerprint density at radius 1 is 1.04 bits per heavy atom. The maximum absolute atomic E-state index is 6.19. The van der Waals surface area contributed by atoms with E-state index >= 15 is 0 Å². The summed E-state index contributed by atoms with van der Waals surface area (Å²) in [5.41, 5.74) is 1.66. The van der Waals surface area contributed by atoms with Crippen LogP contribution in [-0.4, -0.2) is 21.7 Å². The van der Waals surface area contributed by atoms with Gasteiger partial charge >= 0.3 is 0 Å². The summed E-state index contributed by atoms with van der Waals surface area (Å²) < 4.78 is 0. The molecule has 1 N–H and O–H groups in total. The molecule has 0 unspecified atom stereocenters. The molecule has 5 nitrogen and oxygen atoms in total. The van der Waals surface area contributed by atoms with Crippen LogP contribution in [0.1, 0.15) is 6.92 Å². The molecule has 24 heavy (non-hydrogen) atoms. The molecule has 0 bridgehead atoms. The van der Waals surface area contributed by atoms with Crippen molar-refractivity contribution in [3.63, 3.8) is 0 Å². The quantitative estimate of drug-likeness (QED) is 0.688. The normalized spacial score (nSPS) is 10.5. The third kappa shape index (κ3) is 3.58. The fourth-order valence-electron chi connectivity index (χ4n) is 2.28. The predicted molar refractivity (Wildman–Crippen MR) is 98.7 cm³/mol. The number of halogens is 2. The molecule has 0 fully saturated rings. The first-order valence-electron chi connectivity index (χ1n) is 7.42. The van der Waals surface area contributed by atoms with Gasteiger partial charge in [0.15, 0.2) is 5.82 Å². The third-order valence-corrected chi connectivity index (χ3v) is 4.22. The summed E-state index contributed by atoms with van der Waals surface area (Å²) in [5, 5.41) is 12.0. The summed E-state index contributed by atoms with van der Waals surface area (Å²) in [4.78, 5) is 6.57. The predicted octanol–water partition coefficient (Wildman–Crippen LogP) is 5.08. The van der Waals surface area contributed by atoms with Crippen molar-refractivity contribution in [2.24, 2.45) is 0 Å². The van der Waals surface area contributed by atoms with Gasteiger partial charge in [-0.2, -0.15) is 10.1 Å². The van der Waals surface area contributed by atoms with E-state index in [1.807, 2.05) is 35.2 Å². The van der Waals surface area contributed by atoms with E-state index < -0.39 is 0 Å². The maximum Gasteiger partial charge on any atom is 0.249 e. The number of nitrogens with zero attached hydrogens (tertiary/aromatic N) is 4. The van der Waals surface area contributed by atoms with Crippen LogP contribution in [0.15, 0.2) is 54.7 Å².